The van der Waals surface area contributed by atoms with E-state index in [2.05, 4.69) is 16.2 Å². The number of hydrazine groups is 1. The molecule has 2 rings (SSSR count). The van der Waals surface area contributed by atoms with Gasteiger partial charge in [-0.25, -0.2) is 4.39 Å². The van der Waals surface area contributed by atoms with Gasteiger partial charge in [-0.15, -0.1) is 0 Å². The number of halogens is 1. The summed E-state index contributed by atoms with van der Waals surface area (Å²) in [4.78, 5) is 11.7. The van der Waals surface area contributed by atoms with Gasteiger partial charge in [0.2, 0.25) is 0 Å². The Labute approximate surface area is 121 Å². The topological polar surface area (TPSA) is 62.4 Å². The van der Waals surface area contributed by atoms with E-state index in [4.69, 9.17) is 17.0 Å². The van der Waals surface area contributed by atoms with Gasteiger partial charge in [0, 0.05) is 18.7 Å². The number of carbonyl (C=O) groups is 1. The van der Waals surface area contributed by atoms with E-state index in [-0.39, 0.29) is 17.8 Å². The first kappa shape index (κ1) is 14.7. The molecule has 1 atom stereocenters. The van der Waals surface area contributed by atoms with E-state index in [1.165, 1.54) is 24.3 Å². The minimum Gasteiger partial charge on any atom is -0.376 e. The van der Waals surface area contributed by atoms with Gasteiger partial charge in [0.15, 0.2) is 5.11 Å². The first-order chi connectivity index (χ1) is 9.65. The molecule has 1 heterocycles. The number of ether oxygens (including phenoxy) is 1. The Hall–Kier alpha value is -1.73. The van der Waals surface area contributed by atoms with Crippen LogP contribution in [0.15, 0.2) is 24.3 Å². The highest BCUT2D eigenvalue weighted by atomic mass is 32.1. The molecule has 0 aliphatic carbocycles. The summed E-state index contributed by atoms with van der Waals surface area (Å²) in [5, 5.41) is 3.28. The number of thiocarbonyl (C=S) groups is 1. The monoisotopic (exact) mass is 297 g/mol. The van der Waals surface area contributed by atoms with Gasteiger partial charge < -0.3 is 10.1 Å². The summed E-state index contributed by atoms with van der Waals surface area (Å²) in [7, 11) is 0. The molecule has 1 saturated heterocycles. The predicted molar refractivity (Wildman–Crippen MR) is 76.6 cm³/mol. The fraction of sp³-hybridized carbons (Fsp3) is 0.385. The maximum atomic E-state index is 12.7. The van der Waals surface area contributed by atoms with Gasteiger partial charge in [0.25, 0.3) is 5.91 Å². The van der Waals surface area contributed by atoms with Crippen molar-refractivity contribution in [3.8, 4) is 0 Å². The fourth-order valence-corrected chi connectivity index (χ4v) is 1.98. The summed E-state index contributed by atoms with van der Waals surface area (Å²) in [5.74, 6) is -0.769. The molecule has 0 radical (unpaired) electrons. The molecule has 1 aliphatic heterocycles. The summed E-state index contributed by atoms with van der Waals surface area (Å²) in [6, 6.07) is 5.25. The third-order valence-corrected chi connectivity index (χ3v) is 3.16. The lowest BCUT2D eigenvalue weighted by molar-refractivity contribution is 0.0943. The van der Waals surface area contributed by atoms with E-state index < -0.39 is 0 Å². The van der Waals surface area contributed by atoms with Crippen molar-refractivity contribution in [3.05, 3.63) is 35.6 Å². The third kappa shape index (κ3) is 4.43. The van der Waals surface area contributed by atoms with Gasteiger partial charge in [-0.3, -0.25) is 15.6 Å². The zero-order chi connectivity index (χ0) is 14.4. The van der Waals surface area contributed by atoms with Crippen molar-refractivity contribution >= 4 is 23.2 Å². The SMILES string of the molecule is O=C(NNC(=S)NC[C@H]1CCCO1)c1ccc(F)cc1. The highest BCUT2D eigenvalue weighted by Crippen LogP contribution is 2.10. The normalized spacial score (nSPS) is 17.6. The molecule has 0 aromatic heterocycles. The van der Waals surface area contributed by atoms with Gasteiger partial charge in [0.1, 0.15) is 5.82 Å². The Kier molecular flexibility index (Phi) is 5.25. The van der Waals surface area contributed by atoms with Crippen molar-refractivity contribution in [2.24, 2.45) is 0 Å². The van der Waals surface area contributed by atoms with Crippen LogP contribution in [-0.2, 0) is 4.74 Å². The lowest BCUT2D eigenvalue weighted by Gasteiger charge is -2.14. The molecule has 1 fully saturated rings. The van der Waals surface area contributed by atoms with Crippen molar-refractivity contribution in [1.82, 2.24) is 16.2 Å². The number of hydrogen-bond donors (Lipinski definition) is 3. The molecule has 0 unspecified atom stereocenters. The zero-order valence-electron chi connectivity index (χ0n) is 10.8. The second-order valence-electron chi connectivity index (χ2n) is 4.43. The Balaban J connectivity index is 1.69. The first-order valence-corrected chi connectivity index (χ1v) is 6.77. The van der Waals surface area contributed by atoms with Crippen molar-refractivity contribution in [3.63, 3.8) is 0 Å². The number of hydrogen-bond acceptors (Lipinski definition) is 3. The molecule has 1 aliphatic rings. The molecule has 5 nitrogen and oxygen atoms in total. The van der Waals surface area contributed by atoms with Crippen LogP contribution in [0, 0.1) is 5.82 Å². The number of carbonyl (C=O) groups excluding carboxylic acids is 1. The molecule has 108 valence electrons. The average Bonchev–Trinajstić information content (AvgIpc) is 2.96. The highest BCUT2D eigenvalue weighted by Gasteiger charge is 2.15. The van der Waals surface area contributed by atoms with Crippen molar-refractivity contribution in [1.29, 1.82) is 0 Å². The molecule has 20 heavy (non-hydrogen) atoms. The van der Waals surface area contributed by atoms with E-state index >= 15 is 0 Å². The summed E-state index contributed by atoms with van der Waals surface area (Å²) in [5.41, 5.74) is 5.38. The van der Waals surface area contributed by atoms with Gasteiger partial charge in [-0.1, -0.05) is 0 Å². The van der Waals surface area contributed by atoms with Crippen LogP contribution in [0.25, 0.3) is 0 Å². The van der Waals surface area contributed by atoms with Crippen LogP contribution in [0.5, 0.6) is 0 Å². The average molecular weight is 297 g/mol. The maximum Gasteiger partial charge on any atom is 0.269 e. The standard InChI is InChI=1S/C13H16FN3O2S/c14-10-5-3-9(4-6-10)12(18)16-17-13(20)15-8-11-2-1-7-19-11/h3-6,11H,1-2,7-8H2,(H,16,18)(H2,15,17,20)/t11-/m1/s1. The Bertz CT molecular complexity index is 475. The van der Waals surface area contributed by atoms with Crippen molar-refractivity contribution in [2.45, 2.75) is 18.9 Å². The van der Waals surface area contributed by atoms with Gasteiger partial charge >= 0.3 is 0 Å². The number of rotatable bonds is 3. The van der Waals surface area contributed by atoms with Gasteiger partial charge in [-0.2, -0.15) is 0 Å². The molecular formula is C13H16FN3O2S. The second kappa shape index (κ2) is 7.16. The smallest absolute Gasteiger partial charge is 0.269 e. The molecule has 3 N–H and O–H groups in total. The maximum absolute atomic E-state index is 12.7. The van der Waals surface area contributed by atoms with E-state index in [0.717, 1.165) is 19.4 Å². The van der Waals surface area contributed by atoms with Gasteiger partial charge in [-0.05, 0) is 49.3 Å². The molecule has 1 aromatic rings. The summed E-state index contributed by atoms with van der Waals surface area (Å²) >= 11 is 5.03. The van der Waals surface area contributed by atoms with Crippen LogP contribution in [0.3, 0.4) is 0 Å². The van der Waals surface area contributed by atoms with E-state index in [0.29, 0.717) is 17.2 Å². The third-order valence-electron chi connectivity index (χ3n) is 2.91. The van der Waals surface area contributed by atoms with Crippen LogP contribution in [-0.4, -0.2) is 30.3 Å². The number of amides is 1. The molecule has 0 spiro atoms. The van der Waals surface area contributed by atoms with E-state index in [9.17, 15) is 9.18 Å². The number of benzene rings is 1. The van der Waals surface area contributed by atoms with E-state index in [1.807, 2.05) is 0 Å². The zero-order valence-corrected chi connectivity index (χ0v) is 11.6. The van der Waals surface area contributed by atoms with E-state index in [1.54, 1.807) is 0 Å². The second-order valence-corrected chi connectivity index (χ2v) is 4.84. The van der Waals surface area contributed by atoms with Crippen LogP contribution in [0.4, 0.5) is 4.39 Å². The van der Waals surface area contributed by atoms with Crippen LogP contribution in [0.2, 0.25) is 0 Å². The molecule has 1 aromatic carbocycles. The summed E-state index contributed by atoms with van der Waals surface area (Å²) in [6.45, 7) is 1.39. The Morgan fingerprint density at radius 3 is 2.75 bits per heavy atom. The predicted octanol–water partition coefficient (Wildman–Crippen LogP) is 1.11. The van der Waals surface area contributed by atoms with Gasteiger partial charge in [0.05, 0.1) is 6.10 Å². The Morgan fingerprint density at radius 1 is 1.35 bits per heavy atom. The molecule has 7 heteroatoms. The molecular weight excluding hydrogens is 281 g/mol. The fourth-order valence-electron chi connectivity index (χ4n) is 1.84. The summed E-state index contributed by atoms with van der Waals surface area (Å²) < 4.78 is 18.2. The molecule has 0 saturated carbocycles. The highest BCUT2D eigenvalue weighted by molar-refractivity contribution is 7.80. The number of nitrogens with one attached hydrogen (secondary N) is 3. The van der Waals surface area contributed by atoms with Crippen LogP contribution >= 0.6 is 12.2 Å². The summed E-state index contributed by atoms with van der Waals surface area (Å²) in [6.07, 6.45) is 2.24. The first-order valence-electron chi connectivity index (χ1n) is 6.36. The van der Waals surface area contributed by atoms with Crippen molar-refractivity contribution < 1.29 is 13.9 Å². The molecule has 1 amide bonds. The largest absolute Gasteiger partial charge is 0.376 e. The minimum atomic E-state index is -0.386. The Morgan fingerprint density at radius 2 is 2.10 bits per heavy atom. The van der Waals surface area contributed by atoms with Crippen molar-refractivity contribution in [2.75, 3.05) is 13.2 Å². The van der Waals surface area contributed by atoms with Crippen LogP contribution < -0.4 is 16.2 Å². The van der Waals surface area contributed by atoms with Crippen LogP contribution in [0.1, 0.15) is 23.2 Å². The quantitative estimate of drug-likeness (QED) is 0.576. The lowest BCUT2D eigenvalue weighted by Crippen LogP contribution is -2.48. The lowest BCUT2D eigenvalue weighted by atomic mass is 10.2. The minimum absolute atomic E-state index is 0.169. The molecule has 0 bridgehead atoms.